The maximum Gasteiger partial charge on any atom is 0.244 e. The number of nitrogens with zero attached hydrogens (tertiary/aromatic N) is 3. The SMILES string of the molecule is N#Cc1ccc(S(=O)(=O)N2CCCCC2CN)cn1. The van der Waals surface area contributed by atoms with Crippen molar-refractivity contribution >= 4 is 10.0 Å². The third kappa shape index (κ3) is 2.76. The number of aromatic nitrogens is 1. The van der Waals surface area contributed by atoms with E-state index < -0.39 is 10.0 Å². The van der Waals surface area contributed by atoms with Crippen LogP contribution < -0.4 is 5.73 Å². The normalized spacial score (nSPS) is 20.9. The van der Waals surface area contributed by atoms with E-state index in [4.69, 9.17) is 11.0 Å². The lowest BCUT2D eigenvalue weighted by Crippen LogP contribution is -2.47. The largest absolute Gasteiger partial charge is 0.329 e. The molecule has 0 radical (unpaired) electrons. The molecule has 2 N–H and O–H groups in total. The fourth-order valence-electron chi connectivity index (χ4n) is 2.26. The molecule has 2 rings (SSSR count). The Labute approximate surface area is 112 Å². The number of piperidine rings is 1. The minimum Gasteiger partial charge on any atom is -0.329 e. The highest BCUT2D eigenvalue weighted by Gasteiger charge is 2.32. The Morgan fingerprint density at radius 1 is 1.47 bits per heavy atom. The summed E-state index contributed by atoms with van der Waals surface area (Å²) >= 11 is 0. The van der Waals surface area contributed by atoms with Crippen LogP contribution in [0.2, 0.25) is 0 Å². The highest BCUT2D eigenvalue weighted by Crippen LogP contribution is 2.24. The maximum absolute atomic E-state index is 12.5. The van der Waals surface area contributed by atoms with E-state index in [0.29, 0.717) is 13.1 Å². The molecule has 0 aromatic carbocycles. The summed E-state index contributed by atoms with van der Waals surface area (Å²) in [7, 11) is -3.57. The van der Waals surface area contributed by atoms with Crippen molar-refractivity contribution in [2.75, 3.05) is 13.1 Å². The van der Waals surface area contributed by atoms with Gasteiger partial charge >= 0.3 is 0 Å². The van der Waals surface area contributed by atoms with Crippen LogP contribution in [0, 0.1) is 11.3 Å². The van der Waals surface area contributed by atoms with E-state index in [0.717, 1.165) is 19.3 Å². The van der Waals surface area contributed by atoms with Gasteiger partial charge in [-0.25, -0.2) is 13.4 Å². The average molecular weight is 280 g/mol. The van der Waals surface area contributed by atoms with Gasteiger partial charge in [0, 0.05) is 25.3 Å². The summed E-state index contributed by atoms with van der Waals surface area (Å²) in [6.07, 6.45) is 3.87. The first kappa shape index (κ1) is 13.9. The Bertz CT molecular complexity index is 577. The van der Waals surface area contributed by atoms with Gasteiger partial charge < -0.3 is 5.73 Å². The molecule has 0 spiro atoms. The van der Waals surface area contributed by atoms with Crippen LogP contribution in [0.1, 0.15) is 25.0 Å². The van der Waals surface area contributed by atoms with E-state index in [1.807, 2.05) is 6.07 Å². The second-order valence-electron chi connectivity index (χ2n) is 4.49. The zero-order valence-corrected chi connectivity index (χ0v) is 11.3. The van der Waals surface area contributed by atoms with E-state index >= 15 is 0 Å². The van der Waals surface area contributed by atoms with Gasteiger partial charge in [0.2, 0.25) is 10.0 Å². The predicted molar refractivity (Wildman–Crippen MR) is 69.5 cm³/mol. The lowest BCUT2D eigenvalue weighted by atomic mass is 10.1. The smallest absolute Gasteiger partial charge is 0.244 e. The van der Waals surface area contributed by atoms with E-state index in [-0.39, 0.29) is 16.6 Å². The molecule has 7 heteroatoms. The molecule has 0 bridgehead atoms. The molecule has 1 aromatic heterocycles. The first-order chi connectivity index (χ1) is 9.09. The molecule has 6 nitrogen and oxygen atoms in total. The highest BCUT2D eigenvalue weighted by atomic mass is 32.2. The number of rotatable bonds is 3. The van der Waals surface area contributed by atoms with Crippen LogP contribution in [0.4, 0.5) is 0 Å². The average Bonchev–Trinajstić information content (AvgIpc) is 2.47. The second kappa shape index (κ2) is 5.65. The summed E-state index contributed by atoms with van der Waals surface area (Å²) in [6.45, 7) is 0.813. The van der Waals surface area contributed by atoms with E-state index in [1.54, 1.807) is 0 Å². The molecule has 0 aliphatic carbocycles. The standard InChI is InChI=1S/C12H16N4O2S/c13-7-10-4-5-12(9-15-10)19(17,18)16-6-2-1-3-11(16)8-14/h4-5,9,11H,1-3,6,8,14H2. The van der Waals surface area contributed by atoms with Crippen LogP contribution in [0.25, 0.3) is 0 Å². The number of hydrogen-bond acceptors (Lipinski definition) is 5. The second-order valence-corrected chi connectivity index (χ2v) is 6.38. The molecular formula is C12H16N4O2S. The molecule has 102 valence electrons. The van der Waals surface area contributed by atoms with E-state index in [9.17, 15) is 8.42 Å². The molecule has 1 fully saturated rings. The third-order valence-corrected chi connectivity index (χ3v) is 5.24. The number of pyridine rings is 1. The fourth-order valence-corrected chi connectivity index (χ4v) is 3.91. The summed E-state index contributed by atoms with van der Waals surface area (Å²) in [6, 6.07) is 4.55. The summed E-state index contributed by atoms with van der Waals surface area (Å²) < 4.78 is 26.5. The minimum absolute atomic E-state index is 0.117. The van der Waals surface area contributed by atoms with Crippen molar-refractivity contribution in [2.45, 2.75) is 30.2 Å². The number of nitriles is 1. The molecule has 1 unspecified atom stereocenters. The van der Waals surface area contributed by atoms with Crippen LogP contribution >= 0.6 is 0 Å². The van der Waals surface area contributed by atoms with E-state index in [2.05, 4.69) is 4.98 Å². The predicted octanol–water partition coefficient (Wildman–Crippen LogP) is 0.455. The summed E-state index contributed by atoms with van der Waals surface area (Å²) in [5, 5.41) is 8.67. The van der Waals surface area contributed by atoms with Crippen molar-refractivity contribution in [2.24, 2.45) is 5.73 Å². The number of sulfonamides is 1. The van der Waals surface area contributed by atoms with Crippen molar-refractivity contribution in [3.05, 3.63) is 24.0 Å². The Hall–Kier alpha value is -1.49. The molecule has 0 amide bonds. The maximum atomic E-state index is 12.5. The van der Waals surface area contributed by atoms with Crippen LogP contribution in [0.5, 0.6) is 0 Å². The Balaban J connectivity index is 2.32. The molecule has 0 saturated carbocycles. The molecule has 1 aliphatic heterocycles. The molecule has 1 aromatic rings. The zero-order chi connectivity index (χ0) is 13.9. The van der Waals surface area contributed by atoms with Crippen molar-refractivity contribution in [3.63, 3.8) is 0 Å². The topological polar surface area (TPSA) is 100 Å². The Morgan fingerprint density at radius 3 is 2.84 bits per heavy atom. The minimum atomic E-state index is -3.57. The third-order valence-electron chi connectivity index (χ3n) is 3.30. The number of nitrogens with two attached hydrogens (primary N) is 1. The van der Waals surface area contributed by atoms with Gasteiger partial charge in [-0.3, -0.25) is 0 Å². The molecular weight excluding hydrogens is 264 g/mol. The zero-order valence-electron chi connectivity index (χ0n) is 10.5. The van der Waals surface area contributed by atoms with Gasteiger partial charge in [0.1, 0.15) is 16.7 Å². The van der Waals surface area contributed by atoms with Gasteiger partial charge in [-0.1, -0.05) is 6.42 Å². The highest BCUT2D eigenvalue weighted by molar-refractivity contribution is 7.89. The van der Waals surface area contributed by atoms with Crippen molar-refractivity contribution in [1.82, 2.24) is 9.29 Å². The van der Waals surface area contributed by atoms with Crippen LogP contribution in [0.3, 0.4) is 0 Å². The summed E-state index contributed by atoms with van der Waals surface area (Å²) in [5.74, 6) is 0. The summed E-state index contributed by atoms with van der Waals surface area (Å²) in [4.78, 5) is 3.93. The number of hydrogen-bond donors (Lipinski definition) is 1. The Morgan fingerprint density at radius 2 is 2.26 bits per heavy atom. The monoisotopic (exact) mass is 280 g/mol. The first-order valence-electron chi connectivity index (χ1n) is 6.17. The fraction of sp³-hybridized carbons (Fsp3) is 0.500. The lowest BCUT2D eigenvalue weighted by Gasteiger charge is -2.33. The van der Waals surface area contributed by atoms with Gasteiger partial charge in [0.25, 0.3) is 0 Å². The van der Waals surface area contributed by atoms with Crippen LogP contribution in [0.15, 0.2) is 23.2 Å². The van der Waals surface area contributed by atoms with E-state index in [1.165, 1.54) is 22.6 Å². The van der Waals surface area contributed by atoms with Gasteiger partial charge in [-0.2, -0.15) is 9.57 Å². The van der Waals surface area contributed by atoms with Crippen LogP contribution in [-0.2, 0) is 10.0 Å². The quantitative estimate of drug-likeness (QED) is 0.866. The molecule has 2 heterocycles. The summed E-state index contributed by atoms with van der Waals surface area (Å²) in [5.41, 5.74) is 5.85. The van der Waals surface area contributed by atoms with Crippen molar-refractivity contribution in [1.29, 1.82) is 5.26 Å². The molecule has 1 aliphatic rings. The van der Waals surface area contributed by atoms with Gasteiger partial charge in [-0.05, 0) is 25.0 Å². The van der Waals surface area contributed by atoms with Gasteiger partial charge in [0.15, 0.2) is 0 Å². The van der Waals surface area contributed by atoms with Crippen molar-refractivity contribution < 1.29 is 8.42 Å². The molecule has 1 saturated heterocycles. The van der Waals surface area contributed by atoms with Crippen molar-refractivity contribution in [3.8, 4) is 6.07 Å². The van der Waals surface area contributed by atoms with Crippen LogP contribution in [-0.4, -0.2) is 36.8 Å². The Kier molecular flexibility index (Phi) is 4.14. The first-order valence-corrected chi connectivity index (χ1v) is 7.61. The van der Waals surface area contributed by atoms with Gasteiger partial charge in [0.05, 0.1) is 0 Å². The molecule has 19 heavy (non-hydrogen) atoms. The lowest BCUT2D eigenvalue weighted by molar-refractivity contribution is 0.257. The molecule has 1 atom stereocenters. The van der Waals surface area contributed by atoms with Gasteiger partial charge in [-0.15, -0.1) is 0 Å².